The van der Waals surface area contributed by atoms with Crippen LogP contribution in [-0.4, -0.2) is 59.9 Å². The number of hydrogen-bond acceptors (Lipinski definition) is 9. The maximum absolute atomic E-state index is 12.6. The third-order valence-corrected chi connectivity index (χ3v) is 9.25. The zero-order valence-corrected chi connectivity index (χ0v) is 32.2. The largest absolute Gasteiger partial charge is 0.480 e. The fourth-order valence-corrected chi connectivity index (χ4v) is 5.98. The SMILES string of the molecule is [2H]C([2H])([2H])C([2H])([2H])C([2H])([2H])CCCCC/C=C/CCCCCCCC(=O)O[C@H](COC(=O)CCCCCCCCCCCCCC)COP(=O)(O)OC[C@H](N)C(=O)O. The van der Waals surface area contributed by atoms with Crippen LogP contribution in [-0.2, 0) is 37.5 Å². The van der Waals surface area contributed by atoms with E-state index in [2.05, 4.69) is 23.6 Å². The van der Waals surface area contributed by atoms with Gasteiger partial charge in [-0.25, -0.2) is 4.57 Å². The van der Waals surface area contributed by atoms with Crippen LogP contribution < -0.4 is 5.73 Å². The molecule has 0 aliphatic rings. The molecule has 0 amide bonds. The van der Waals surface area contributed by atoms with Crippen LogP contribution in [0.25, 0.3) is 0 Å². The van der Waals surface area contributed by atoms with Crippen molar-refractivity contribution in [2.45, 2.75) is 199 Å². The van der Waals surface area contributed by atoms with Crippen LogP contribution in [0.15, 0.2) is 12.2 Å². The standard InChI is InChI=1S/C39H74NO10P/c1-3-5-7-9-11-13-15-17-18-19-21-23-25-27-29-31-38(42)50-35(33-48-51(45,46)49-34-36(40)39(43)44)32-47-37(41)30-28-26-24-22-20-16-14-12-10-8-6-4-2/h17-18,35-36H,3-16,19-34,40H2,1-2H3,(H,43,44)(H,45,46)/b18-17+/t35-,36+/m1/s1/i1D3,3D2,5D2. The van der Waals surface area contributed by atoms with E-state index < -0.39 is 77.3 Å². The van der Waals surface area contributed by atoms with E-state index in [9.17, 15) is 23.8 Å². The summed E-state index contributed by atoms with van der Waals surface area (Å²) in [6.07, 6.45) is 19.2. The molecule has 0 saturated carbocycles. The lowest BCUT2D eigenvalue weighted by Gasteiger charge is -2.20. The summed E-state index contributed by atoms with van der Waals surface area (Å²) in [5, 5.41) is 8.87. The zero-order chi connectivity index (χ0) is 43.9. The molecule has 0 heterocycles. The van der Waals surface area contributed by atoms with Gasteiger partial charge < -0.3 is 25.2 Å². The summed E-state index contributed by atoms with van der Waals surface area (Å²) in [7, 11) is -4.76. The molecule has 0 radical (unpaired) electrons. The number of carbonyl (C=O) groups is 3. The summed E-state index contributed by atoms with van der Waals surface area (Å²) in [5.41, 5.74) is 5.31. The molecule has 0 bridgehead atoms. The van der Waals surface area contributed by atoms with Gasteiger partial charge in [0.1, 0.15) is 12.6 Å². The highest BCUT2D eigenvalue weighted by atomic mass is 31.2. The second-order valence-corrected chi connectivity index (χ2v) is 14.6. The monoisotopic (exact) mass is 755 g/mol. The Kier molecular flexibility index (Phi) is 25.9. The summed E-state index contributed by atoms with van der Waals surface area (Å²) in [6.45, 7) is -2.63. The average molecular weight is 755 g/mol. The van der Waals surface area contributed by atoms with Gasteiger partial charge in [-0.3, -0.25) is 23.4 Å². The number of carbonyl (C=O) groups excluding carboxylic acids is 2. The molecule has 51 heavy (non-hydrogen) atoms. The van der Waals surface area contributed by atoms with Gasteiger partial charge in [-0.1, -0.05) is 148 Å². The lowest BCUT2D eigenvalue weighted by Crippen LogP contribution is -2.34. The van der Waals surface area contributed by atoms with Crippen LogP contribution in [0.5, 0.6) is 0 Å². The second kappa shape index (κ2) is 35.3. The van der Waals surface area contributed by atoms with Gasteiger partial charge in [-0.15, -0.1) is 0 Å². The molecule has 3 atom stereocenters. The number of allylic oxidation sites excluding steroid dienone is 2. The van der Waals surface area contributed by atoms with E-state index >= 15 is 0 Å². The lowest BCUT2D eigenvalue weighted by atomic mass is 10.0. The number of hydrogen-bond donors (Lipinski definition) is 3. The van der Waals surface area contributed by atoms with Crippen LogP contribution in [0.2, 0.25) is 0 Å². The Balaban J connectivity index is 4.46. The van der Waals surface area contributed by atoms with E-state index in [0.29, 0.717) is 25.7 Å². The van der Waals surface area contributed by atoms with Gasteiger partial charge >= 0.3 is 25.7 Å². The van der Waals surface area contributed by atoms with E-state index in [4.69, 9.17) is 34.4 Å². The van der Waals surface area contributed by atoms with Gasteiger partial charge in [0.2, 0.25) is 0 Å². The van der Waals surface area contributed by atoms with Crippen molar-refractivity contribution in [2.75, 3.05) is 19.8 Å². The number of unbranched alkanes of at least 4 members (excludes halogenated alkanes) is 19. The summed E-state index contributed by atoms with van der Waals surface area (Å²) in [5.74, 6) is -2.52. The van der Waals surface area contributed by atoms with Crippen LogP contribution in [0, 0.1) is 0 Å². The van der Waals surface area contributed by atoms with Crippen molar-refractivity contribution >= 4 is 25.7 Å². The van der Waals surface area contributed by atoms with Crippen LogP contribution in [0.4, 0.5) is 0 Å². The molecule has 4 N–H and O–H groups in total. The molecule has 0 fully saturated rings. The minimum atomic E-state index is -4.76. The van der Waals surface area contributed by atoms with Crippen molar-refractivity contribution in [3.05, 3.63) is 12.2 Å². The van der Waals surface area contributed by atoms with Crippen molar-refractivity contribution in [3.63, 3.8) is 0 Å². The maximum Gasteiger partial charge on any atom is 0.472 e. The summed E-state index contributed by atoms with van der Waals surface area (Å²) >= 11 is 0. The van der Waals surface area contributed by atoms with Crippen molar-refractivity contribution in [3.8, 4) is 0 Å². The van der Waals surface area contributed by atoms with Crippen molar-refractivity contribution in [1.29, 1.82) is 0 Å². The minimum Gasteiger partial charge on any atom is -0.480 e. The predicted octanol–water partition coefficient (Wildman–Crippen LogP) is 10.1. The normalized spacial score (nSPS) is 16.8. The maximum atomic E-state index is 12.6. The van der Waals surface area contributed by atoms with Crippen molar-refractivity contribution in [2.24, 2.45) is 5.73 Å². The Labute approximate surface area is 319 Å². The molecule has 11 nitrogen and oxygen atoms in total. The first kappa shape index (κ1) is 37.5. The van der Waals surface area contributed by atoms with Gasteiger partial charge in [0.05, 0.1) is 13.2 Å². The molecule has 300 valence electrons. The number of carboxylic acids is 1. The average Bonchev–Trinajstić information content (AvgIpc) is 3.14. The van der Waals surface area contributed by atoms with E-state index in [0.717, 1.165) is 64.2 Å². The molecule has 0 aromatic rings. The number of nitrogens with two attached hydrogens (primary N) is 1. The van der Waals surface area contributed by atoms with E-state index in [1.807, 2.05) is 0 Å². The Morgan fingerprint density at radius 2 is 1.18 bits per heavy atom. The first-order valence-electron chi connectivity index (χ1n) is 22.9. The number of phosphoric ester groups is 1. The fourth-order valence-electron chi connectivity index (χ4n) is 5.20. The number of phosphoric acid groups is 1. The van der Waals surface area contributed by atoms with E-state index in [1.165, 1.54) is 51.4 Å². The smallest absolute Gasteiger partial charge is 0.472 e. The molecule has 12 heteroatoms. The quantitative estimate of drug-likeness (QED) is 0.0237. The molecule has 0 aromatic heterocycles. The van der Waals surface area contributed by atoms with E-state index in [1.54, 1.807) is 0 Å². The van der Waals surface area contributed by atoms with Gasteiger partial charge in [-0.2, -0.15) is 0 Å². The van der Waals surface area contributed by atoms with Gasteiger partial charge in [0.15, 0.2) is 6.10 Å². The number of aliphatic carboxylic acids is 1. The minimum absolute atomic E-state index is 0.0757. The van der Waals surface area contributed by atoms with Crippen LogP contribution in [0.3, 0.4) is 0 Å². The Morgan fingerprint density at radius 1 is 0.706 bits per heavy atom. The number of esters is 2. The molecular formula is C39H74NO10P. The fraction of sp³-hybridized carbons (Fsp3) is 0.872. The van der Waals surface area contributed by atoms with Gasteiger partial charge in [0.25, 0.3) is 0 Å². The van der Waals surface area contributed by atoms with Crippen molar-refractivity contribution in [1.82, 2.24) is 0 Å². The molecule has 0 aliphatic heterocycles. The first-order valence-corrected chi connectivity index (χ1v) is 20.9. The molecule has 0 aliphatic carbocycles. The third-order valence-electron chi connectivity index (χ3n) is 8.30. The summed E-state index contributed by atoms with van der Waals surface area (Å²) < 4.78 is 85.4. The number of rotatable bonds is 38. The molecule has 1 unspecified atom stereocenters. The zero-order valence-electron chi connectivity index (χ0n) is 38.3. The topological polar surface area (TPSA) is 172 Å². The van der Waals surface area contributed by atoms with Crippen LogP contribution >= 0.6 is 7.82 Å². The Bertz CT molecular complexity index is 1190. The van der Waals surface area contributed by atoms with Gasteiger partial charge in [-0.05, 0) is 38.5 Å². The lowest BCUT2D eigenvalue weighted by molar-refractivity contribution is -0.161. The molecule has 0 spiro atoms. The van der Waals surface area contributed by atoms with Crippen molar-refractivity contribution < 1.29 is 57.1 Å². The van der Waals surface area contributed by atoms with Crippen LogP contribution in [0.1, 0.15) is 197 Å². The highest BCUT2D eigenvalue weighted by Gasteiger charge is 2.28. The number of ether oxygens (including phenoxy) is 2. The van der Waals surface area contributed by atoms with E-state index in [-0.39, 0.29) is 19.3 Å². The first-order chi connectivity index (χ1) is 27.3. The highest BCUT2D eigenvalue weighted by Crippen LogP contribution is 2.43. The molecule has 0 aromatic carbocycles. The summed E-state index contributed by atoms with van der Waals surface area (Å²) in [4.78, 5) is 45.9. The number of carboxylic acid groups (broad SMARTS) is 1. The molecular weight excluding hydrogens is 673 g/mol. The molecule has 0 rings (SSSR count). The molecule has 0 saturated heterocycles. The highest BCUT2D eigenvalue weighted by molar-refractivity contribution is 7.47. The Hall–Kier alpha value is -1.78. The predicted molar refractivity (Wildman–Crippen MR) is 203 cm³/mol. The Morgan fingerprint density at radius 3 is 1.71 bits per heavy atom. The third kappa shape index (κ3) is 35.0. The summed E-state index contributed by atoms with van der Waals surface area (Å²) in [6, 6.07) is -1.55. The second-order valence-electron chi connectivity index (χ2n) is 13.1. The van der Waals surface area contributed by atoms with Gasteiger partial charge in [0, 0.05) is 22.4 Å².